The molecule has 1 fully saturated rings. The van der Waals surface area contributed by atoms with Crippen molar-refractivity contribution in [2.45, 2.75) is 20.4 Å². The maximum Gasteiger partial charge on any atom is 0.359 e. The lowest BCUT2D eigenvalue weighted by atomic mass is 10.2. The van der Waals surface area contributed by atoms with Gasteiger partial charge < -0.3 is 18.9 Å². The molecule has 0 radical (unpaired) electrons. The van der Waals surface area contributed by atoms with Crippen LogP contribution in [0.5, 0.6) is 0 Å². The van der Waals surface area contributed by atoms with Crippen LogP contribution in [-0.4, -0.2) is 73.2 Å². The molecule has 1 aliphatic rings. The molecule has 1 aromatic carbocycles. The molecule has 0 N–H and O–H groups in total. The molecule has 0 atom stereocenters. The van der Waals surface area contributed by atoms with Crippen molar-refractivity contribution in [3.8, 4) is 17.3 Å². The van der Waals surface area contributed by atoms with Gasteiger partial charge in [0.2, 0.25) is 0 Å². The van der Waals surface area contributed by atoms with Gasteiger partial charge in [-0.3, -0.25) is 4.98 Å². The molecule has 11 heteroatoms. The maximum absolute atomic E-state index is 12.7. The Bertz CT molecular complexity index is 1590. The first-order chi connectivity index (χ1) is 18.2. The monoisotopic (exact) mass is 498 g/mol. The zero-order valence-corrected chi connectivity index (χ0v) is 20.7. The molecule has 5 heterocycles. The van der Waals surface area contributed by atoms with E-state index in [1.54, 1.807) is 24.0 Å². The Labute approximate surface area is 212 Å². The minimum Gasteiger partial charge on any atom is -0.461 e. The Morgan fingerprint density at radius 1 is 1.03 bits per heavy atom. The fourth-order valence-electron chi connectivity index (χ4n) is 4.66. The Morgan fingerprint density at radius 3 is 2.57 bits per heavy atom. The molecule has 0 aliphatic carbocycles. The van der Waals surface area contributed by atoms with Gasteiger partial charge in [0.1, 0.15) is 5.82 Å². The second-order valence-corrected chi connectivity index (χ2v) is 8.53. The number of fused-ring (bicyclic) bond motifs is 2. The molecule has 0 bridgehead atoms. The summed E-state index contributed by atoms with van der Waals surface area (Å²) < 4.78 is 14.5. The van der Waals surface area contributed by atoms with Crippen molar-refractivity contribution >= 4 is 33.9 Å². The highest BCUT2D eigenvalue weighted by molar-refractivity contribution is 6.02. The van der Waals surface area contributed by atoms with Crippen LogP contribution in [0.3, 0.4) is 0 Å². The van der Waals surface area contributed by atoms with E-state index in [-0.39, 0.29) is 12.3 Å². The first-order valence-electron chi connectivity index (χ1n) is 12.4. The molecular formula is C26H26N8O3. The van der Waals surface area contributed by atoms with Crippen molar-refractivity contribution in [3.63, 3.8) is 0 Å². The van der Waals surface area contributed by atoms with Crippen molar-refractivity contribution in [2.24, 2.45) is 0 Å². The van der Waals surface area contributed by atoms with E-state index in [2.05, 4.69) is 26.5 Å². The van der Waals surface area contributed by atoms with Gasteiger partial charge in [-0.25, -0.2) is 9.78 Å². The first kappa shape index (κ1) is 23.0. The van der Waals surface area contributed by atoms with Crippen LogP contribution >= 0.6 is 0 Å². The number of pyridine rings is 1. The van der Waals surface area contributed by atoms with Crippen molar-refractivity contribution in [3.05, 3.63) is 54.5 Å². The second kappa shape index (κ2) is 9.58. The van der Waals surface area contributed by atoms with E-state index in [0.29, 0.717) is 61.2 Å². The van der Waals surface area contributed by atoms with E-state index in [0.717, 1.165) is 16.9 Å². The highest BCUT2D eigenvalue weighted by atomic mass is 16.5. The topological polar surface area (TPSA) is 113 Å². The highest BCUT2D eigenvalue weighted by Crippen LogP contribution is 2.31. The summed E-state index contributed by atoms with van der Waals surface area (Å²) in [6.45, 7) is 7.32. The number of aromatic nitrogens is 7. The number of ether oxygens (including phenoxy) is 2. The molecule has 4 aromatic heterocycles. The number of anilines is 1. The Balaban J connectivity index is 1.62. The summed E-state index contributed by atoms with van der Waals surface area (Å²) in [7, 11) is 0. The largest absolute Gasteiger partial charge is 0.461 e. The summed E-state index contributed by atoms with van der Waals surface area (Å²) in [4.78, 5) is 33.9. The SMILES string of the molecule is CCOC(=O)c1nn(-c2nc(N3CCOCC3)c3nc(-c4ccncc4)n(CC)c3n2)c2ccccc12. The number of morpholine rings is 1. The quantitative estimate of drug-likeness (QED) is 0.326. The van der Waals surface area contributed by atoms with Gasteiger partial charge in [0.15, 0.2) is 22.7 Å². The van der Waals surface area contributed by atoms with E-state index in [1.807, 2.05) is 36.4 Å². The molecule has 0 spiro atoms. The maximum atomic E-state index is 12.7. The number of benzene rings is 1. The lowest BCUT2D eigenvalue weighted by molar-refractivity contribution is 0.0521. The van der Waals surface area contributed by atoms with Gasteiger partial charge >= 0.3 is 5.97 Å². The number of rotatable bonds is 6. The summed E-state index contributed by atoms with van der Waals surface area (Å²) in [6.07, 6.45) is 3.50. The molecule has 1 aliphatic heterocycles. The van der Waals surface area contributed by atoms with E-state index < -0.39 is 5.97 Å². The van der Waals surface area contributed by atoms with E-state index >= 15 is 0 Å². The van der Waals surface area contributed by atoms with Gasteiger partial charge in [-0.15, -0.1) is 0 Å². The smallest absolute Gasteiger partial charge is 0.359 e. The average Bonchev–Trinajstić information content (AvgIpc) is 3.52. The number of aryl methyl sites for hydroxylation is 1. The molecule has 1 saturated heterocycles. The number of hydrogen-bond donors (Lipinski definition) is 0. The normalized spacial score (nSPS) is 13.9. The van der Waals surface area contributed by atoms with Crippen LogP contribution in [0.4, 0.5) is 5.82 Å². The predicted octanol–water partition coefficient (Wildman–Crippen LogP) is 3.26. The van der Waals surface area contributed by atoms with Crippen LogP contribution in [0.15, 0.2) is 48.8 Å². The summed E-state index contributed by atoms with van der Waals surface area (Å²) in [6, 6.07) is 11.4. The number of carbonyl (C=O) groups is 1. The van der Waals surface area contributed by atoms with Gasteiger partial charge in [0.25, 0.3) is 5.95 Å². The first-order valence-corrected chi connectivity index (χ1v) is 12.4. The second-order valence-electron chi connectivity index (χ2n) is 8.53. The van der Waals surface area contributed by atoms with Crippen molar-refractivity contribution in [1.82, 2.24) is 34.3 Å². The molecule has 37 heavy (non-hydrogen) atoms. The van der Waals surface area contributed by atoms with Crippen molar-refractivity contribution < 1.29 is 14.3 Å². The van der Waals surface area contributed by atoms with Crippen molar-refractivity contribution in [1.29, 1.82) is 0 Å². The number of nitrogens with zero attached hydrogens (tertiary/aromatic N) is 8. The molecular weight excluding hydrogens is 472 g/mol. The lowest BCUT2D eigenvalue weighted by Gasteiger charge is -2.28. The number of esters is 1. The Morgan fingerprint density at radius 2 is 1.81 bits per heavy atom. The molecule has 6 rings (SSSR count). The zero-order valence-electron chi connectivity index (χ0n) is 20.7. The van der Waals surface area contributed by atoms with E-state index in [9.17, 15) is 4.79 Å². The average molecular weight is 499 g/mol. The molecule has 0 saturated carbocycles. The van der Waals surface area contributed by atoms with Gasteiger partial charge in [-0.2, -0.15) is 19.7 Å². The fraction of sp³-hybridized carbons (Fsp3) is 0.308. The van der Waals surface area contributed by atoms with Gasteiger partial charge in [-0.1, -0.05) is 18.2 Å². The van der Waals surface area contributed by atoms with Gasteiger partial charge in [0.05, 0.1) is 25.3 Å². The molecule has 188 valence electrons. The third-order valence-corrected chi connectivity index (χ3v) is 6.38. The third-order valence-electron chi connectivity index (χ3n) is 6.38. The van der Waals surface area contributed by atoms with Crippen LogP contribution in [0, 0.1) is 0 Å². The zero-order chi connectivity index (χ0) is 25.4. The molecule has 11 nitrogen and oxygen atoms in total. The lowest BCUT2D eigenvalue weighted by Crippen LogP contribution is -2.37. The van der Waals surface area contributed by atoms with Crippen molar-refractivity contribution in [2.75, 3.05) is 37.8 Å². The Hall–Kier alpha value is -4.38. The minimum absolute atomic E-state index is 0.232. The summed E-state index contributed by atoms with van der Waals surface area (Å²) in [5.74, 6) is 1.38. The minimum atomic E-state index is -0.481. The molecule has 5 aromatic rings. The van der Waals surface area contributed by atoms with Crippen LogP contribution in [-0.2, 0) is 16.0 Å². The van der Waals surface area contributed by atoms with Gasteiger partial charge in [0, 0.05) is 43.0 Å². The van der Waals surface area contributed by atoms with Crippen LogP contribution in [0.2, 0.25) is 0 Å². The fourth-order valence-corrected chi connectivity index (χ4v) is 4.66. The number of hydrogen-bond acceptors (Lipinski definition) is 9. The van der Waals surface area contributed by atoms with E-state index in [4.69, 9.17) is 24.4 Å². The number of para-hydroxylation sites is 1. The summed E-state index contributed by atoms with van der Waals surface area (Å²) in [5.41, 5.74) is 3.29. The molecule has 0 amide bonds. The Kier molecular flexibility index (Phi) is 5.97. The highest BCUT2D eigenvalue weighted by Gasteiger charge is 2.26. The predicted molar refractivity (Wildman–Crippen MR) is 138 cm³/mol. The van der Waals surface area contributed by atoms with E-state index in [1.165, 1.54) is 0 Å². The third kappa shape index (κ3) is 3.97. The summed E-state index contributed by atoms with van der Waals surface area (Å²) >= 11 is 0. The molecule has 0 unspecified atom stereocenters. The standard InChI is InChI=1S/C26H26N8O3/c1-3-33-22(17-9-11-27-12-10-17)28-21-23(32-13-15-36-16-14-32)29-26(30-24(21)33)34-19-8-6-5-7-18(19)20(31-34)25(35)37-4-2/h5-12H,3-4,13-16H2,1-2H3. The number of imidazole rings is 1. The summed E-state index contributed by atoms with van der Waals surface area (Å²) in [5, 5.41) is 5.31. The van der Waals surface area contributed by atoms with Gasteiger partial charge in [-0.05, 0) is 32.0 Å². The number of carbonyl (C=O) groups excluding carboxylic acids is 1. The van der Waals surface area contributed by atoms with Crippen LogP contribution in [0.25, 0.3) is 39.4 Å². The van der Waals surface area contributed by atoms with Crippen LogP contribution in [0.1, 0.15) is 24.3 Å². The van der Waals surface area contributed by atoms with Crippen LogP contribution < -0.4 is 4.90 Å².